The fourth-order valence-electron chi connectivity index (χ4n) is 1.84. The molecule has 1 aromatic carbocycles. The molecule has 0 aliphatic heterocycles. The largest absolute Gasteiger partial charge is 0.373 e. The van der Waals surface area contributed by atoms with E-state index in [1.165, 1.54) is 14.1 Å². The molecule has 0 fully saturated rings. The summed E-state index contributed by atoms with van der Waals surface area (Å²) in [6.45, 7) is 0. The number of anilines is 1. The third-order valence-corrected chi connectivity index (χ3v) is 3.00. The molecule has 1 heterocycles. The van der Waals surface area contributed by atoms with Gasteiger partial charge in [-0.2, -0.15) is 0 Å². The second-order valence-corrected chi connectivity index (χ2v) is 4.88. The molecule has 2 aromatic rings. The van der Waals surface area contributed by atoms with E-state index in [-0.39, 0.29) is 0 Å². The summed E-state index contributed by atoms with van der Waals surface area (Å²) in [6, 6.07) is 3.23. The summed E-state index contributed by atoms with van der Waals surface area (Å²) >= 11 is 0. The van der Waals surface area contributed by atoms with Gasteiger partial charge in [0, 0.05) is 31.8 Å². The summed E-state index contributed by atoms with van der Waals surface area (Å²) < 4.78 is 57.3. The van der Waals surface area contributed by atoms with Crippen LogP contribution < -0.4 is 9.47 Å². The number of rotatable bonds is 1. The smallest absolute Gasteiger partial charge is 0.186 e. The molecule has 2 nitrogen and oxygen atoms in total. The first-order valence-corrected chi connectivity index (χ1v) is 6.33. The van der Waals surface area contributed by atoms with E-state index in [4.69, 9.17) is 0 Å². The van der Waals surface area contributed by atoms with Crippen molar-refractivity contribution in [1.82, 2.24) is 0 Å². The van der Waals surface area contributed by atoms with E-state index in [1.54, 1.807) is 36.1 Å². The van der Waals surface area contributed by atoms with E-state index < -0.39 is 34.5 Å². The SMILES string of the molecule is CN(C)c1c(F)c(F)c(C#Cc2cc[n+](C)cc2)c(F)c1F. The molecule has 2 rings (SSSR count). The Balaban J connectivity index is 2.56. The van der Waals surface area contributed by atoms with Gasteiger partial charge in [0.2, 0.25) is 0 Å². The summed E-state index contributed by atoms with van der Waals surface area (Å²) in [5, 5.41) is 0. The Morgan fingerprint density at radius 2 is 1.36 bits per heavy atom. The number of pyridine rings is 1. The molecule has 0 saturated heterocycles. The molecular weight excluding hydrogens is 296 g/mol. The van der Waals surface area contributed by atoms with Crippen molar-refractivity contribution < 1.29 is 22.1 Å². The molecule has 0 aliphatic rings. The standard InChI is InChI=1S/C16H13F4N2/c1-21(2)16-14(19)12(17)11(13(18)15(16)20)5-4-10-6-8-22(3)9-7-10/h6-9H,1-3H3/q+1. The monoisotopic (exact) mass is 309 g/mol. The van der Waals surface area contributed by atoms with Gasteiger partial charge < -0.3 is 4.90 Å². The maximum atomic E-state index is 13.9. The van der Waals surface area contributed by atoms with Crippen LogP contribution in [-0.2, 0) is 7.05 Å². The maximum Gasteiger partial charge on any atom is 0.186 e. The molecule has 0 spiro atoms. The lowest BCUT2D eigenvalue weighted by atomic mass is 10.1. The van der Waals surface area contributed by atoms with Crippen LogP contribution in [-0.4, -0.2) is 14.1 Å². The van der Waals surface area contributed by atoms with Gasteiger partial charge in [-0.3, -0.25) is 0 Å². The minimum Gasteiger partial charge on any atom is -0.373 e. The average Bonchev–Trinajstić information content (AvgIpc) is 2.47. The van der Waals surface area contributed by atoms with E-state index in [0.29, 0.717) is 5.56 Å². The first kappa shape index (κ1) is 15.8. The lowest BCUT2D eigenvalue weighted by Gasteiger charge is -2.16. The Morgan fingerprint density at radius 3 is 1.82 bits per heavy atom. The Bertz CT molecular complexity index is 742. The number of aromatic nitrogens is 1. The molecular formula is C16H13F4N2+. The van der Waals surface area contributed by atoms with Gasteiger partial charge in [0.1, 0.15) is 18.3 Å². The predicted octanol–water partition coefficient (Wildman–Crippen LogP) is 2.53. The Labute approximate surface area is 125 Å². The minimum absolute atomic E-state index is 0.467. The van der Waals surface area contributed by atoms with Crippen LogP contribution in [0.5, 0.6) is 0 Å². The molecule has 114 valence electrons. The van der Waals surface area contributed by atoms with Crippen LogP contribution in [0.15, 0.2) is 24.5 Å². The summed E-state index contributed by atoms with van der Waals surface area (Å²) in [4.78, 5) is 0.964. The van der Waals surface area contributed by atoms with Gasteiger partial charge in [-0.15, -0.1) is 0 Å². The Morgan fingerprint density at radius 1 is 0.864 bits per heavy atom. The quantitative estimate of drug-likeness (QED) is 0.340. The fraction of sp³-hybridized carbons (Fsp3) is 0.188. The van der Waals surface area contributed by atoms with Crippen LogP contribution in [0.1, 0.15) is 11.1 Å². The van der Waals surface area contributed by atoms with E-state index >= 15 is 0 Å². The van der Waals surface area contributed by atoms with E-state index in [0.717, 1.165) is 4.90 Å². The van der Waals surface area contributed by atoms with Crippen LogP contribution in [0.3, 0.4) is 0 Å². The van der Waals surface area contributed by atoms with Crippen molar-refractivity contribution in [2.24, 2.45) is 7.05 Å². The third kappa shape index (κ3) is 2.89. The first-order chi connectivity index (χ1) is 10.3. The third-order valence-electron chi connectivity index (χ3n) is 3.00. The fourth-order valence-corrected chi connectivity index (χ4v) is 1.84. The number of nitrogens with zero attached hydrogens (tertiary/aromatic N) is 2. The molecule has 0 atom stereocenters. The molecule has 6 heteroatoms. The zero-order valence-corrected chi connectivity index (χ0v) is 12.2. The van der Waals surface area contributed by atoms with Crippen molar-refractivity contribution in [3.63, 3.8) is 0 Å². The summed E-state index contributed by atoms with van der Waals surface area (Å²) in [7, 11) is 4.37. The van der Waals surface area contributed by atoms with Crippen LogP contribution in [0.4, 0.5) is 23.2 Å². The van der Waals surface area contributed by atoms with Crippen molar-refractivity contribution in [3.05, 3.63) is 58.9 Å². The van der Waals surface area contributed by atoms with Gasteiger partial charge in [0.25, 0.3) is 0 Å². The summed E-state index contributed by atoms with van der Waals surface area (Å²) in [6.07, 6.45) is 3.38. The molecule has 22 heavy (non-hydrogen) atoms. The van der Waals surface area contributed by atoms with Crippen LogP contribution >= 0.6 is 0 Å². The second kappa shape index (κ2) is 6.06. The molecule has 0 amide bonds. The minimum atomic E-state index is -1.50. The van der Waals surface area contributed by atoms with E-state index in [1.807, 2.05) is 0 Å². The number of aryl methyl sites for hydroxylation is 1. The number of hydrogen-bond acceptors (Lipinski definition) is 1. The van der Waals surface area contributed by atoms with Crippen molar-refractivity contribution in [3.8, 4) is 11.8 Å². The lowest BCUT2D eigenvalue weighted by molar-refractivity contribution is -0.671. The molecule has 0 saturated carbocycles. The van der Waals surface area contributed by atoms with Gasteiger partial charge in [-0.05, 0) is 0 Å². The highest BCUT2D eigenvalue weighted by Crippen LogP contribution is 2.29. The van der Waals surface area contributed by atoms with Crippen molar-refractivity contribution in [2.75, 3.05) is 19.0 Å². The van der Waals surface area contributed by atoms with E-state index in [9.17, 15) is 17.6 Å². The second-order valence-electron chi connectivity index (χ2n) is 4.88. The first-order valence-electron chi connectivity index (χ1n) is 6.33. The molecule has 0 N–H and O–H groups in total. The van der Waals surface area contributed by atoms with Gasteiger partial charge >= 0.3 is 0 Å². The summed E-state index contributed by atoms with van der Waals surface area (Å²) in [5.41, 5.74) is -1.23. The molecule has 0 aliphatic carbocycles. The van der Waals surface area contributed by atoms with Gasteiger partial charge in [0.05, 0.1) is 0 Å². The Hall–Kier alpha value is -2.55. The molecule has 0 radical (unpaired) electrons. The molecule has 1 aromatic heterocycles. The number of halogens is 4. The van der Waals surface area contributed by atoms with Crippen LogP contribution in [0, 0.1) is 35.1 Å². The van der Waals surface area contributed by atoms with Crippen molar-refractivity contribution in [1.29, 1.82) is 0 Å². The maximum absolute atomic E-state index is 13.9. The molecule has 0 bridgehead atoms. The predicted molar refractivity (Wildman–Crippen MR) is 74.2 cm³/mol. The number of hydrogen-bond donors (Lipinski definition) is 0. The van der Waals surface area contributed by atoms with Gasteiger partial charge in [-0.25, -0.2) is 22.1 Å². The van der Waals surface area contributed by atoms with E-state index in [2.05, 4.69) is 11.8 Å². The van der Waals surface area contributed by atoms with Crippen molar-refractivity contribution >= 4 is 5.69 Å². The van der Waals surface area contributed by atoms with Crippen LogP contribution in [0.2, 0.25) is 0 Å². The summed E-state index contributed by atoms with van der Waals surface area (Å²) in [5.74, 6) is -1.30. The molecule has 0 unspecified atom stereocenters. The normalized spacial score (nSPS) is 10.1. The highest BCUT2D eigenvalue weighted by Gasteiger charge is 2.25. The lowest BCUT2D eigenvalue weighted by Crippen LogP contribution is -2.25. The van der Waals surface area contributed by atoms with Gasteiger partial charge in [-0.1, -0.05) is 11.8 Å². The topological polar surface area (TPSA) is 7.12 Å². The zero-order chi connectivity index (χ0) is 16.4. The average molecular weight is 309 g/mol. The van der Waals surface area contributed by atoms with Crippen LogP contribution in [0.25, 0.3) is 0 Å². The zero-order valence-electron chi connectivity index (χ0n) is 12.2. The van der Waals surface area contributed by atoms with Crippen molar-refractivity contribution in [2.45, 2.75) is 0 Å². The highest BCUT2D eigenvalue weighted by molar-refractivity contribution is 5.55. The van der Waals surface area contributed by atoms with Gasteiger partial charge in [0.15, 0.2) is 35.7 Å². The highest BCUT2D eigenvalue weighted by atomic mass is 19.2. The Kier molecular flexibility index (Phi) is 4.36. The number of benzene rings is 1.